The Hall–Kier alpha value is -1.91. The van der Waals surface area contributed by atoms with E-state index in [9.17, 15) is 0 Å². The molecule has 2 heterocycles. The van der Waals surface area contributed by atoms with Crippen LogP contribution in [0.4, 0.5) is 0 Å². The molecule has 0 fully saturated rings. The highest BCUT2D eigenvalue weighted by Gasteiger charge is 2.14. The zero-order valence-electron chi connectivity index (χ0n) is 11.0. The first-order chi connectivity index (χ1) is 10.3. The average Bonchev–Trinajstić information content (AvgIpc) is 3.14. The molecule has 0 aliphatic heterocycles. The van der Waals surface area contributed by atoms with Gasteiger partial charge in [0.1, 0.15) is 0 Å². The molecule has 2 aromatic carbocycles. The van der Waals surface area contributed by atoms with Crippen LogP contribution in [0, 0.1) is 0 Å². The highest BCUT2D eigenvalue weighted by atomic mass is 79.9. The third kappa shape index (κ3) is 2.20. The Morgan fingerprint density at radius 2 is 1.86 bits per heavy atom. The van der Waals surface area contributed by atoms with E-state index in [1.807, 2.05) is 18.2 Å². The van der Waals surface area contributed by atoms with E-state index in [1.165, 1.54) is 4.88 Å². The van der Waals surface area contributed by atoms with Gasteiger partial charge in [-0.3, -0.25) is 4.57 Å². The molecule has 4 rings (SSSR count). The summed E-state index contributed by atoms with van der Waals surface area (Å²) < 4.78 is 3.28. The van der Waals surface area contributed by atoms with Gasteiger partial charge in [0.15, 0.2) is 5.82 Å². The van der Waals surface area contributed by atoms with Crippen molar-refractivity contribution < 1.29 is 0 Å². The van der Waals surface area contributed by atoms with Crippen molar-refractivity contribution in [1.29, 1.82) is 0 Å². The number of hydrogen-bond acceptors (Lipinski definition) is 2. The Kier molecular flexibility index (Phi) is 3.13. The van der Waals surface area contributed by atoms with Crippen LogP contribution in [0.5, 0.6) is 0 Å². The fourth-order valence-corrected chi connectivity index (χ4v) is 3.56. The predicted octanol–water partition coefficient (Wildman–Crippen LogP) is 5.52. The Bertz CT molecular complexity index is 910. The smallest absolute Gasteiger partial charge is 0.155 e. The number of para-hydroxylation sites is 2. The van der Waals surface area contributed by atoms with Gasteiger partial charge >= 0.3 is 0 Å². The Labute approximate surface area is 134 Å². The Morgan fingerprint density at radius 3 is 2.67 bits per heavy atom. The summed E-state index contributed by atoms with van der Waals surface area (Å²) in [5.74, 6) is 0.990. The van der Waals surface area contributed by atoms with E-state index in [-0.39, 0.29) is 0 Å². The van der Waals surface area contributed by atoms with Crippen LogP contribution < -0.4 is 0 Å². The lowest BCUT2D eigenvalue weighted by molar-refractivity contribution is 1.11. The minimum atomic E-state index is 0.990. The fraction of sp³-hybridized carbons (Fsp3) is 0. The van der Waals surface area contributed by atoms with Crippen LogP contribution in [-0.2, 0) is 0 Å². The number of thiophene rings is 1. The quantitative estimate of drug-likeness (QED) is 0.463. The van der Waals surface area contributed by atoms with Crippen LogP contribution in [0.15, 0.2) is 70.5 Å². The van der Waals surface area contributed by atoms with E-state index in [2.05, 4.69) is 68.3 Å². The number of hydrogen-bond donors (Lipinski definition) is 0. The Morgan fingerprint density at radius 1 is 0.952 bits per heavy atom. The monoisotopic (exact) mass is 354 g/mol. The van der Waals surface area contributed by atoms with Crippen LogP contribution in [-0.4, -0.2) is 9.55 Å². The van der Waals surface area contributed by atoms with Gasteiger partial charge in [-0.15, -0.1) is 11.3 Å². The third-order valence-corrected chi connectivity index (χ3v) is 4.73. The van der Waals surface area contributed by atoms with Crippen LogP contribution >= 0.6 is 27.3 Å². The summed E-state index contributed by atoms with van der Waals surface area (Å²) in [6, 6.07) is 20.7. The van der Waals surface area contributed by atoms with E-state index in [0.29, 0.717) is 0 Å². The summed E-state index contributed by atoms with van der Waals surface area (Å²) in [5, 5.41) is 2.08. The summed E-state index contributed by atoms with van der Waals surface area (Å²) in [6.07, 6.45) is 0. The molecular weight excluding hydrogens is 344 g/mol. The molecule has 2 nitrogen and oxygen atoms in total. The largest absolute Gasteiger partial charge is 0.292 e. The lowest BCUT2D eigenvalue weighted by Gasteiger charge is -2.08. The Balaban J connectivity index is 2.08. The van der Waals surface area contributed by atoms with Crippen molar-refractivity contribution in [2.75, 3.05) is 0 Å². The molecule has 0 saturated carbocycles. The van der Waals surface area contributed by atoms with Gasteiger partial charge in [0.25, 0.3) is 0 Å². The second-order valence-corrected chi connectivity index (χ2v) is 6.58. The van der Waals surface area contributed by atoms with Gasteiger partial charge in [-0.2, -0.15) is 0 Å². The average molecular weight is 355 g/mol. The maximum Gasteiger partial charge on any atom is 0.155 e. The topological polar surface area (TPSA) is 17.8 Å². The number of imidazole rings is 1. The number of nitrogens with zero attached hydrogens (tertiary/aromatic N) is 2. The number of aromatic nitrogens is 2. The van der Waals surface area contributed by atoms with Gasteiger partial charge < -0.3 is 0 Å². The summed E-state index contributed by atoms with van der Waals surface area (Å²) in [4.78, 5) is 5.99. The van der Waals surface area contributed by atoms with Crippen molar-refractivity contribution in [2.24, 2.45) is 0 Å². The second-order valence-electron chi connectivity index (χ2n) is 4.72. The molecule has 0 N–H and O–H groups in total. The molecule has 2 aromatic heterocycles. The molecule has 0 aliphatic rings. The molecule has 4 heteroatoms. The highest BCUT2D eigenvalue weighted by molar-refractivity contribution is 9.10. The maximum absolute atomic E-state index is 4.82. The molecule has 4 aromatic rings. The number of benzene rings is 2. The molecule has 0 aliphatic carbocycles. The lowest BCUT2D eigenvalue weighted by Crippen LogP contribution is -1.96. The number of halogens is 1. The van der Waals surface area contributed by atoms with Crippen molar-refractivity contribution in [1.82, 2.24) is 9.55 Å². The van der Waals surface area contributed by atoms with Crippen LogP contribution in [0.1, 0.15) is 0 Å². The zero-order chi connectivity index (χ0) is 14.2. The van der Waals surface area contributed by atoms with Crippen molar-refractivity contribution in [3.63, 3.8) is 0 Å². The SMILES string of the molecule is Brc1cccc(-n2c(-c3cccs3)nc3ccccc32)c1. The van der Waals surface area contributed by atoms with E-state index in [1.54, 1.807) is 11.3 Å². The van der Waals surface area contributed by atoms with E-state index < -0.39 is 0 Å². The van der Waals surface area contributed by atoms with Gasteiger partial charge in [-0.25, -0.2) is 4.98 Å². The van der Waals surface area contributed by atoms with Crippen LogP contribution in [0.3, 0.4) is 0 Å². The molecule has 0 bridgehead atoms. The molecule has 0 unspecified atom stereocenters. The van der Waals surface area contributed by atoms with Gasteiger partial charge in [-0.1, -0.05) is 40.2 Å². The number of rotatable bonds is 2. The predicted molar refractivity (Wildman–Crippen MR) is 92.1 cm³/mol. The number of fused-ring (bicyclic) bond motifs is 1. The first kappa shape index (κ1) is 12.8. The summed E-state index contributed by atoms with van der Waals surface area (Å²) in [6.45, 7) is 0. The highest BCUT2D eigenvalue weighted by Crippen LogP contribution is 2.31. The van der Waals surface area contributed by atoms with Gasteiger partial charge in [0, 0.05) is 10.2 Å². The van der Waals surface area contributed by atoms with Crippen molar-refractivity contribution in [2.45, 2.75) is 0 Å². The summed E-state index contributed by atoms with van der Waals surface area (Å²) >= 11 is 5.26. The molecule has 0 spiro atoms. The van der Waals surface area contributed by atoms with Crippen molar-refractivity contribution >= 4 is 38.3 Å². The minimum absolute atomic E-state index is 0.990. The fourth-order valence-electron chi connectivity index (χ4n) is 2.47. The van der Waals surface area contributed by atoms with E-state index in [4.69, 9.17) is 4.98 Å². The van der Waals surface area contributed by atoms with Gasteiger partial charge in [0.05, 0.1) is 15.9 Å². The molecule has 21 heavy (non-hydrogen) atoms. The van der Waals surface area contributed by atoms with Crippen LogP contribution in [0.2, 0.25) is 0 Å². The van der Waals surface area contributed by atoms with Crippen molar-refractivity contribution in [3.8, 4) is 16.4 Å². The molecule has 0 radical (unpaired) electrons. The lowest BCUT2D eigenvalue weighted by atomic mass is 10.2. The summed E-state index contributed by atoms with van der Waals surface area (Å²) in [7, 11) is 0. The molecule has 0 saturated heterocycles. The standard InChI is InChI=1S/C17H11BrN2S/c18-12-5-3-6-13(11-12)20-15-8-2-1-7-14(15)19-17(20)16-9-4-10-21-16/h1-11H. The molecule has 0 atom stereocenters. The third-order valence-electron chi connectivity index (χ3n) is 3.37. The first-order valence-corrected chi connectivity index (χ1v) is 8.27. The second kappa shape index (κ2) is 5.13. The molecule has 0 amide bonds. The first-order valence-electron chi connectivity index (χ1n) is 6.60. The molecule has 102 valence electrons. The maximum atomic E-state index is 4.82. The van der Waals surface area contributed by atoms with E-state index in [0.717, 1.165) is 27.0 Å². The van der Waals surface area contributed by atoms with E-state index >= 15 is 0 Å². The van der Waals surface area contributed by atoms with Crippen molar-refractivity contribution in [3.05, 3.63) is 70.5 Å². The zero-order valence-corrected chi connectivity index (χ0v) is 13.4. The normalized spacial score (nSPS) is 11.1. The van der Waals surface area contributed by atoms with Gasteiger partial charge in [0.2, 0.25) is 0 Å². The molecular formula is C17H11BrN2S. The summed E-state index contributed by atoms with van der Waals surface area (Å²) in [5.41, 5.74) is 3.25. The van der Waals surface area contributed by atoms with Crippen LogP contribution in [0.25, 0.3) is 27.4 Å². The minimum Gasteiger partial charge on any atom is -0.292 e. The van der Waals surface area contributed by atoms with Gasteiger partial charge in [-0.05, 0) is 41.8 Å².